The molecule has 2 rings (SSSR count). The van der Waals surface area contributed by atoms with Gasteiger partial charge in [-0.05, 0) is 29.9 Å². The predicted molar refractivity (Wildman–Crippen MR) is 67.9 cm³/mol. The fourth-order valence-electron chi connectivity index (χ4n) is 1.94. The van der Waals surface area contributed by atoms with Crippen molar-refractivity contribution in [1.29, 1.82) is 0 Å². The second kappa shape index (κ2) is 3.99. The van der Waals surface area contributed by atoms with Gasteiger partial charge in [0.05, 0.1) is 5.69 Å². The first-order valence-corrected chi connectivity index (χ1v) is 7.15. The highest BCUT2D eigenvalue weighted by Gasteiger charge is 2.45. The van der Waals surface area contributed by atoms with E-state index in [1.165, 1.54) is 6.07 Å². The van der Waals surface area contributed by atoms with Crippen molar-refractivity contribution in [1.82, 2.24) is 4.72 Å². The molecule has 0 saturated heterocycles. The van der Waals surface area contributed by atoms with Crippen LogP contribution in [0.5, 0.6) is 0 Å². The van der Waals surface area contributed by atoms with Gasteiger partial charge in [0.2, 0.25) is 10.0 Å². The Morgan fingerprint density at radius 2 is 2.00 bits per heavy atom. The van der Waals surface area contributed by atoms with Crippen LogP contribution in [0.4, 0.5) is 5.69 Å². The Kier molecular flexibility index (Phi) is 2.91. The van der Waals surface area contributed by atoms with Gasteiger partial charge in [0.15, 0.2) is 0 Å². The molecule has 1 saturated carbocycles. The van der Waals surface area contributed by atoms with Gasteiger partial charge in [-0.15, -0.1) is 0 Å². The Morgan fingerprint density at radius 3 is 2.53 bits per heavy atom. The summed E-state index contributed by atoms with van der Waals surface area (Å²) in [6.07, 6.45) is 1.07. The van der Waals surface area contributed by atoms with E-state index >= 15 is 0 Å². The summed E-state index contributed by atoms with van der Waals surface area (Å²) in [4.78, 5) is 0.165. The molecule has 5 heteroatoms. The minimum Gasteiger partial charge on any atom is -0.398 e. The normalized spacial score (nSPS) is 22.4. The predicted octanol–water partition coefficient (Wildman–Crippen LogP) is 1.59. The van der Waals surface area contributed by atoms with Gasteiger partial charge >= 0.3 is 0 Å². The van der Waals surface area contributed by atoms with Crippen LogP contribution in [0.15, 0.2) is 29.2 Å². The molecule has 1 aromatic rings. The van der Waals surface area contributed by atoms with Crippen LogP contribution in [0, 0.1) is 11.3 Å². The Hall–Kier alpha value is -1.07. The molecule has 0 aliphatic heterocycles. The summed E-state index contributed by atoms with van der Waals surface area (Å²) in [5, 5.41) is 0. The molecule has 0 amide bonds. The van der Waals surface area contributed by atoms with Gasteiger partial charge < -0.3 is 5.73 Å². The summed E-state index contributed by atoms with van der Waals surface area (Å²) >= 11 is 0. The largest absolute Gasteiger partial charge is 0.398 e. The molecule has 0 radical (unpaired) electrons. The molecule has 17 heavy (non-hydrogen) atoms. The van der Waals surface area contributed by atoms with Gasteiger partial charge in [-0.2, -0.15) is 0 Å². The first kappa shape index (κ1) is 12.4. The molecule has 0 bridgehead atoms. The van der Waals surface area contributed by atoms with E-state index in [1.807, 2.05) is 0 Å². The van der Waals surface area contributed by atoms with E-state index in [-0.39, 0.29) is 16.0 Å². The molecule has 1 unspecified atom stereocenters. The maximum atomic E-state index is 12.0. The second-order valence-electron chi connectivity index (χ2n) is 5.28. The topological polar surface area (TPSA) is 72.2 Å². The summed E-state index contributed by atoms with van der Waals surface area (Å²) in [5.74, 6) is 0.433. The first-order chi connectivity index (χ1) is 7.83. The molecule has 1 aromatic carbocycles. The number of nitrogens with two attached hydrogens (primary N) is 1. The number of para-hydroxylation sites is 1. The number of hydrogen-bond donors (Lipinski definition) is 2. The van der Waals surface area contributed by atoms with E-state index in [0.29, 0.717) is 12.5 Å². The smallest absolute Gasteiger partial charge is 0.242 e. The van der Waals surface area contributed by atoms with Crippen LogP contribution in [0.1, 0.15) is 20.3 Å². The fraction of sp³-hybridized carbons (Fsp3) is 0.500. The summed E-state index contributed by atoms with van der Waals surface area (Å²) < 4.78 is 26.6. The average molecular weight is 254 g/mol. The molecule has 1 aliphatic carbocycles. The lowest BCUT2D eigenvalue weighted by atomic mass is 10.1. The zero-order chi connectivity index (χ0) is 12.7. The number of benzene rings is 1. The van der Waals surface area contributed by atoms with Crippen molar-refractivity contribution >= 4 is 15.7 Å². The van der Waals surface area contributed by atoms with E-state index in [1.54, 1.807) is 18.2 Å². The van der Waals surface area contributed by atoms with Gasteiger partial charge in [0, 0.05) is 6.54 Å². The molecule has 1 atom stereocenters. The van der Waals surface area contributed by atoms with E-state index in [9.17, 15) is 8.42 Å². The van der Waals surface area contributed by atoms with Crippen LogP contribution in [-0.2, 0) is 10.0 Å². The van der Waals surface area contributed by atoms with E-state index < -0.39 is 10.0 Å². The highest BCUT2D eigenvalue weighted by Crippen LogP contribution is 2.51. The SMILES string of the molecule is CC1(C)CC1CNS(=O)(=O)c1ccccc1N. The number of nitrogens with one attached hydrogen (secondary N) is 1. The third-order valence-corrected chi connectivity index (χ3v) is 4.94. The van der Waals surface area contributed by atoms with Gasteiger partial charge in [0.25, 0.3) is 0 Å². The number of nitrogen functional groups attached to an aromatic ring is 1. The molecule has 1 fully saturated rings. The van der Waals surface area contributed by atoms with Crippen LogP contribution in [0.2, 0.25) is 0 Å². The van der Waals surface area contributed by atoms with Gasteiger partial charge in [-0.25, -0.2) is 13.1 Å². The summed E-state index contributed by atoms with van der Waals surface area (Å²) in [6.45, 7) is 4.77. The highest BCUT2D eigenvalue weighted by molar-refractivity contribution is 7.89. The monoisotopic (exact) mass is 254 g/mol. The summed E-state index contributed by atoms with van der Waals surface area (Å²) in [6, 6.07) is 6.51. The van der Waals surface area contributed by atoms with Crippen molar-refractivity contribution in [3.8, 4) is 0 Å². The lowest BCUT2D eigenvalue weighted by Crippen LogP contribution is -2.27. The van der Waals surface area contributed by atoms with Crippen LogP contribution in [0.3, 0.4) is 0 Å². The van der Waals surface area contributed by atoms with Crippen LogP contribution in [0.25, 0.3) is 0 Å². The lowest BCUT2D eigenvalue weighted by Gasteiger charge is -2.09. The number of sulfonamides is 1. The molecule has 0 spiro atoms. The molecule has 94 valence electrons. The van der Waals surface area contributed by atoms with Crippen molar-refractivity contribution in [2.45, 2.75) is 25.2 Å². The summed E-state index contributed by atoms with van der Waals surface area (Å²) in [5.41, 5.74) is 6.22. The fourth-order valence-corrected chi connectivity index (χ4v) is 3.15. The van der Waals surface area contributed by atoms with Crippen LogP contribution < -0.4 is 10.5 Å². The Labute approximate surface area is 102 Å². The quantitative estimate of drug-likeness (QED) is 0.801. The molecule has 1 aliphatic rings. The third kappa shape index (κ3) is 2.61. The number of rotatable bonds is 4. The average Bonchev–Trinajstić information content (AvgIpc) is 2.84. The minimum atomic E-state index is -3.47. The van der Waals surface area contributed by atoms with E-state index in [0.717, 1.165) is 6.42 Å². The minimum absolute atomic E-state index is 0.165. The van der Waals surface area contributed by atoms with Crippen LogP contribution in [-0.4, -0.2) is 15.0 Å². The van der Waals surface area contributed by atoms with Crippen molar-refractivity contribution in [2.24, 2.45) is 11.3 Å². The van der Waals surface area contributed by atoms with Crippen molar-refractivity contribution in [3.05, 3.63) is 24.3 Å². The lowest BCUT2D eigenvalue weighted by molar-refractivity contribution is 0.538. The zero-order valence-electron chi connectivity index (χ0n) is 10.1. The first-order valence-electron chi connectivity index (χ1n) is 5.67. The number of hydrogen-bond acceptors (Lipinski definition) is 3. The highest BCUT2D eigenvalue weighted by atomic mass is 32.2. The maximum absolute atomic E-state index is 12.0. The van der Waals surface area contributed by atoms with E-state index in [2.05, 4.69) is 18.6 Å². The molecule has 0 aromatic heterocycles. The Balaban J connectivity index is 2.08. The van der Waals surface area contributed by atoms with Gasteiger partial charge in [-0.1, -0.05) is 26.0 Å². The zero-order valence-corrected chi connectivity index (χ0v) is 10.9. The Morgan fingerprint density at radius 1 is 1.41 bits per heavy atom. The van der Waals surface area contributed by atoms with Crippen molar-refractivity contribution in [2.75, 3.05) is 12.3 Å². The molecular formula is C12H18N2O2S. The summed E-state index contributed by atoms with van der Waals surface area (Å²) in [7, 11) is -3.47. The van der Waals surface area contributed by atoms with Crippen molar-refractivity contribution in [3.63, 3.8) is 0 Å². The molecule has 0 heterocycles. The number of anilines is 1. The van der Waals surface area contributed by atoms with Crippen LogP contribution >= 0.6 is 0 Å². The third-order valence-electron chi connectivity index (χ3n) is 3.45. The van der Waals surface area contributed by atoms with E-state index in [4.69, 9.17) is 5.73 Å². The maximum Gasteiger partial charge on any atom is 0.242 e. The van der Waals surface area contributed by atoms with Crippen molar-refractivity contribution < 1.29 is 8.42 Å². The molecule has 3 N–H and O–H groups in total. The standard InChI is InChI=1S/C12H18N2O2S/c1-12(2)7-9(12)8-14-17(15,16)11-6-4-3-5-10(11)13/h3-6,9,14H,7-8,13H2,1-2H3. The second-order valence-corrected chi connectivity index (χ2v) is 7.01. The van der Waals surface area contributed by atoms with Gasteiger partial charge in [-0.3, -0.25) is 0 Å². The molecular weight excluding hydrogens is 236 g/mol. The Bertz CT molecular complexity index is 523. The van der Waals surface area contributed by atoms with Gasteiger partial charge in [0.1, 0.15) is 4.90 Å². The molecule has 4 nitrogen and oxygen atoms in total.